The van der Waals surface area contributed by atoms with Crippen LogP contribution < -0.4 is 10.6 Å². The van der Waals surface area contributed by atoms with Crippen LogP contribution in [0, 0.1) is 0 Å². The second kappa shape index (κ2) is 19.4. The Morgan fingerprint density at radius 2 is 1.58 bits per heavy atom. The van der Waals surface area contributed by atoms with Gasteiger partial charge in [-0.25, -0.2) is 4.79 Å². The van der Waals surface area contributed by atoms with Gasteiger partial charge < -0.3 is 44.7 Å². The van der Waals surface area contributed by atoms with Crippen molar-refractivity contribution in [3.8, 4) is 0 Å². The fraction of sp³-hybridized carbons (Fsp3) is 0.400. The highest BCUT2D eigenvalue weighted by molar-refractivity contribution is 5.98. The van der Waals surface area contributed by atoms with Crippen molar-refractivity contribution in [3.63, 3.8) is 0 Å². The second-order valence-electron chi connectivity index (χ2n) is 15.7. The van der Waals surface area contributed by atoms with Crippen LogP contribution in [0.4, 0.5) is 0 Å². The van der Waals surface area contributed by atoms with E-state index in [4.69, 9.17) is 18.9 Å². The molecule has 1 saturated heterocycles. The number of benzene rings is 3. The van der Waals surface area contributed by atoms with Gasteiger partial charge in [-0.3, -0.25) is 19.2 Å². The van der Waals surface area contributed by atoms with E-state index in [-0.39, 0.29) is 36.3 Å². The van der Waals surface area contributed by atoms with Crippen LogP contribution in [0.1, 0.15) is 74.0 Å². The molecule has 3 aromatic rings. The van der Waals surface area contributed by atoms with Crippen molar-refractivity contribution in [2.24, 2.45) is 0 Å². The van der Waals surface area contributed by atoms with Crippen LogP contribution in [-0.4, -0.2) is 108 Å². The molecule has 0 aromatic heterocycles. The second-order valence-corrected chi connectivity index (χ2v) is 15.7. The van der Waals surface area contributed by atoms with Gasteiger partial charge in [-0.05, 0) is 64.0 Å². The maximum Gasteiger partial charge on any atom is 0.338 e. The van der Waals surface area contributed by atoms with Crippen molar-refractivity contribution >= 4 is 35.7 Å². The molecular formula is C45H53N3O11. The minimum Gasteiger partial charge on any atom is -0.460 e. The van der Waals surface area contributed by atoms with Crippen molar-refractivity contribution in [2.45, 2.75) is 94.8 Å². The Labute approximate surface area is 344 Å². The Balaban J connectivity index is 1.42. The first-order chi connectivity index (χ1) is 28.0. The Bertz CT molecular complexity index is 1990. The first kappa shape index (κ1) is 44.4. The van der Waals surface area contributed by atoms with E-state index >= 15 is 0 Å². The van der Waals surface area contributed by atoms with Crippen molar-refractivity contribution in [3.05, 3.63) is 125 Å². The van der Waals surface area contributed by atoms with Crippen molar-refractivity contribution < 1.29 is 53.1 Å². The highest BCUT2D eigenvalue weighted by atomic mass is 16.8. The van der Waals surface area contributed by atoms with E-state index in [1.54, 1.807) is 71.3 Å². The van der Waals surface area contributed by atoms with E-state index in [1.807, 2.05) is 60.7 Å². The van der Waals surface area contributed by atoms with Crippen LogP contribution in [0.5, 0.6) is 0 Å². The Morgan fingerprint density at radius 1 is 0.932 bits per heavy atom. The summed E-state index contributed by atoms with van der Waals surface area (Å²) in [7, 11) is 3.26. The summed E-state index contributed by atoms with van der Waals surface area (Å²) >= 11 is 0. The van der Waals surface area contributed by atoms with Gasteiger partial charge in [0.25, 0.3) is 0 Å². The van der Waals surface area contributed by atoms with E-state index in [1.165, 1.54) is 17.9 Å². The molecular weight excluding hydrogens is 759 g/mol. The lowest BCUT2D eigenvalue weighted by molar-refractivity contribution is -0.157. The van der Waals surface area contributed by atoms with Gasteiger partial charge in [0.1, 0.15) is 30.0 Å². The number of nitrogens with one attached hydrogen (secondary N) is 2. The molecule has 1 aliphatic carbocycles. The van der Waals surface area contributed by atoms with E-state index in [2.05, 4.69) is 10.6 Å². The third-order valence-electron chi connectivity index (χ3n) is 9.66. The van der Waals surface area contributed by atoms with Gasteiger partial charge >= 0.3 is 11.9 Å². The fourth-order valence-corrected chi connectivity index (χ4v) is 6.71. The molecule has 1 aliphatic heterocycles. The number of nitrogens with zero attached hydrogens (tertiary/aromatic N) is 1. The average molecular weight is 812 g/mol. The van der Waals surface area contributed by atoms with Gasteiger partial charge in [-0.2, -0.15) is 0 Å². The zero-order chi connectivity index (χ0) is 42.9. The SMILES string of the molecule is CC(O)C(NC(=O)C1=CC2OC(c3ccccc3)(c3ccccc3)OC2C(OC(=O)c2cccc(C=CC(=O)N(C)C)c2)C1)C(=O)NC(CO)CCC(=O)OC(C)(C)C. The number of rotatable bonds is 15. The van der Waals surface area contributed by atoms with Gasteiger partial charge in [0, 0.05) is 49.7 Å². The van der Waals surface area contributed by atoms with Crippen LogP contribution in [0.2, 0.25) is 0 Å². The van der Waals surface area contributed by atoms with Crippen LogP contribution >= 0.6 is 0 Å². The summed E-state index contributed by atoms with van der Waals surface area (Å²) in [6.45, 7) is 6.00. The molecule has 0 saturated carbocycles. The van der Waals surface area contributed by atoms with Gasteiger partial charge in [-0.1, -0.05) is 72.8 Å². The summed E-state index contributed by atoms with van der Waals surface area (Å²) in [4.78, 5) is 67.3. The zero-order valence-corrected chi connectivity index (χ0v) is 34.1. The summed E-state index contributed by atoms with van der Waals surface area (Å²) in [5.41, 5.74) is 1.48. The minimum absolute atomic E-state index is 0.0498. The maximum absolute atomic E-state index is 14.1. The average Bonchev–Trinajstić information content (AvgIpc) is 3.61. The molecule has 5 rings (SSSR count). The van der Waals surface area contributed by atoms with Crippen molar-refractivity contribution in [1.29, 1.82) is 0 Å². The molecule has 1 heterocycles. The Morgan fingerprint density at radius 3 is 2.15 bits per heavy atom. The first-order valence-electron chi connectivity index (χ1n) is 19.5. The predicted molar refractivity (Wildman–Crippen MR) is 217 cm³/mol. The lowest BCUT2D eigenvalue weighted by atomic mass is 9.91. The van der Waals surface area contributed by atoms with E-state index in [9.17, 15) is 34.2 Å². The standard InChI is InChI=1S/C45H53N3O11/c1-28(50)39(42(54)46-34(27-49)21-23-38(52)58-44(2,3)4)47-41(53)31-25-35(56-43(55)30-15-13-14-29(24-30)20-22-37(51)48(5)6)40-36(26-31)57-45(59-40,32-16-9-7-10-17-32)33-18-11-8-12-19-33/h7-20,22,24,26,28,34-36,39-40,49-50H,21,23,25,27H2,1-6H3,(H,46,54)(H,47,53). The van der Waals surface area contributed by atoms with Gasteiger partial charge in [-0.15, -0.1) is 0 Å². The largest absolute Gasteiger partial charge is 0.460 e. The molecule has 14 nitrogen and oxygen atoms in total. The number of fused-ring (bicyclic) bond motifs is 1. The molecule has 2 aliphatic rings. The fourth-order valence-electron chi connectivity index (χ4n) is 6.71. The van der Waals surface area contributed by atoms with Gasteiger partial charge in [0.05, 0.1) is 24.3 Å². The molecule has 1 fully saturated rings. The van der Waals surface area contributed by atoms with Crippen LogP contribution in [-0.2, 0) is 43.9 Å². The van der Waals surface area contributed by atoms with E-state index in [0.717, 1.165) is 0 Å². The topological polar surface area (TPSA) is 190 Å². The molecule has 6 atom stereocenters. The highest BCUT2D eigenvalue weighted by Gasteiger charge is 2.55. The minimum atomic E-state index is -1.47. The number of likely N-dealkylation sites (N-methyl/N-ethyl adjacent to an activating group) is 1. The third-order valence-corrected chi connectivity index (χ3v) is 9.66. The smallest absolute Gasteiger partial charge is 0.338 e. The molecule has 6 unspecified atom stereocenters. The lowest BCUT2D eigenvalue weighted by Gasteiger charge is -2.32. The van der Waals surface area contributed by atoms with E-state index in [0.29, 0.717) is 16.7 Å². The number of amides is 3. The number of esters is 2. The molecule has 3 amide bonds. The van der Waals surface area contributed by atoms with Crippen molar-refractivity contribution in [2.75, 3.05) is 20.7 Å². The molecule has 59 heavy (non-hydrogen) atoms. The predicted octanol–water partition coefficient (Wildman–Crippen LogP) is 3.79. The molecule has 14 heteroatoms. The first-order valence-corrected chi connectivity index (χ1v) is 19.5. The molecule has 3 aromatic carbocycles. The molecule has 4 N–H and O–H groups in total. The normalized spacial score (nSPS) is 20.0. The van der Waals surface area contributed by atoms with E-state index < -0.39 is 78.2 Å². The number of hydrogen-bond donors (Lipinski definition) is 4. The summed E-state index contributed by atoms with van der Waals surface area (Å²) in [6.07, 6.45) is 0.0686. The molecule has 0 radical (unpaired) electrons. The Hall–Kier alpha value is -5.67. The number of ether oxygens (including phenoxy) is 4. The van der Waals surface area contributed by atoms with Gasteiger partial charge in [0.2, 0.25) is 23.5 Å². The number of aliphatic hydroxyl groups is 2. The summed E-state index contributed by atoms with van der Waals surface area (Å²) in [5, 5.41) is 25.9. The number of aliphatic hydroxyl groups excluding tert-OH is 2. The highest BCUT2D eigenvalue weighted by Crippen LogP contribution is 2.47. The van der Waals surface area contributed by atoms with Crippen LogP contribution in [0.25, 0.3) is 6.08 Å². The third kappa shape index (κ3) is 11.5. The summed E-state index contributed by atoms with van der Waals surface area (Å²) in [5.74, 6) is -4.45. The summed E-state index contributed by atoms with van der Waals surface area (Å²) < 4.78 is 25.0. The van der Waals surface area contributed by atoms with Gasteiger partial charge in [0.15, 0.2) is 0 Å². The maximum atomic E-state index is 14.1. The summed E-state index contributed by atoms with van der Waals surface area (Å²) in [6, 6.07) is 22.7. The number of carbonyl (C=O) groups is 5. The molecule has 0 bridgehead atoms. The van der Waals surface area contributed by atoms with Crippen LogP contribution in [0.3, 0.4) is 0 Å². The van der Waals surface area contributed by atoms with Crippen LogP contribution in [0.15, 0.2) is 103 Å². The number of hydrogen-bond acceptors (Lipinski definition) is 11. The monoisotopic (exact) mass is 811 g/mol. The zero-order valence-electron chi connectivity index (χ0n) is 34.1. The quantitative estimate of drug-likeness (QED) is 0.129. The molecule has 314 valence electrons. The molecule has 0 spiro atoms. The van der Waals surface area contributed by atoms with Crippen molar-refractivity contribution in [1.82, 2.24) is 15.5 Å². The lowest BCUT2D eigenvalue weighted by Crippen LogP contribution is -2.55. The number of carbonyl (C=O) groups excluding carboxylic acids is 5. The Kier molecular flexibility index (Phi) is 14.6.